The van der Waals surface area contributed by atoms with E-state index >= 15 is 0 Å². The number of thiophene rings is 1. The van der Waals surface area contributed by atoms with E-state index in [0.717, 1.165) is 44.1 Å². The summed E-state index contributed by atoms with van der Waals surface area (Å²) in [5, 5.41) is 6.78. The van der Waals surface area contributed by atoms with Crippen LogP contribution in [0.5, 0.6) is 0 Å². The fourth-order valence-electron chi connectivity index (χ4n) is 3.73. The van der Waals surface area contributed by atoms with Crippen LogP contribution in [0.15, 0.2) is 78.3 Å². The Labute approximate surface area is 231 Å². The van der Waals surface area contributed by atoms with Crippen LogP contribution in [0.1, 0.15) is 18.4 Å². The van der Waals surface area contributed by atoms with Gasteiger partial charge < -0.3 is 39.3 Å². The zero-order valence-electron chi connectivity index (χ0n) is 21.5. The first-order chi connectivity index (χ1) is 18.2. The van der Waals surface area contributed by atoms with Gasteiger partial charge in [-0.2, -0.15) is 0 Å². The lowest BCUT2D eigenvalue weighted by Crippen LogP contribution is -2.15. The van der Waals surface area contributed by atoms with Gasteiger partial charge in [0, 0.05) is 58.2 Å². The summed E-state index contributed by atoms with van der Waals surface area (Å²) in [5.74, 6) is 0. The average molecular weight is 549 g/mol. The number of fused-ring (bicyclic) bond motifs is 1. The molecule has 0 unspecified atom stereocenters. The number of nitrogens with zero attached hydrogens (tertiary/aromatic N) is 2. The third kappa shape index (κ3) is 8.46. The molecule has 3 aromatic carbocycles. The van der Waals surface area contributed by atoms with Gasteiger partial charge in [-0.25, -0.2) is 4.98 Å². The zero-order valence-corrected chi connectivity index (χ0v) is 23.1. The molecule has 1 saturated heterocycles. The largest absolute Gasteiger partial charge is 0.399 e. The summed E-state index contributed by atoms with van der Waals surface area (Å²) in [5.41, 5.74) is 37.5. The Kier molecular flexibility index (Phi) is 10.4. The molecular formula is C28H36N8S2. The average Bonchev–Trinajstić information content (AvgIpc) is 3.69. The quantitative estimate of drug-likeness (QED) is 0.142. The van der Waals surface area contributed by atoms with Crippen LogP contribution in [0, 0.1) is 6.92 Å². The fourth-order valence-corrected chi connectivity index (χ4v) is 4.94. The molecule has 10 heteroatoms. The Morgan fingerprint density at radius 2 is 1.34 bits per heavy atom. The lowest BCUT2D eigenvalue weighted by molar-refractivity contribution is 0.949. The van der Waals surface area contributed by atoms with Crippen LogP contribution in [0.2, 0.25) is 0 Å². The number of benzene rings is 3. The van der Waals surface area contributed by atoms with E-state index in [1.54, 1.807) is 23.6 Å². The van der Waals surface area contributed by atoms with Crippen molar-refractivity contribution in [1.82, 2.24) is 4.98 Å². The van der Waals surface area contributed by atoms with Gasteiger partial charge in [0.25, 0.3) is 0 Å². The van der Waals surface area contributed by atoms with E-state index in [1.807, 2.05) is 66.9 Å². The van der Waals surface area contributed by atoms with Gasteiger partial charge in [-0.15, -0.1) is 22.7 Å². The van der Waals surface area contributed by atoms with Crippen molar-refractivity contribution in [2.45, 2.75) is 19.8 Å². The molecule has 0 atom stereocenters. The van der Waals surface area contributed by atoms with Gasteiger partial charge in [0.2, 0.25) is 0 Å². The summed E-state index contributed by atoms with van der Waals surface area (Å²) in [6.07, 6.45) is 4.34. The highest BCUT2D eigenvalue weighted by atomic mass is 32.1. The molecule has 0 aliphatic carbocycles. The molecule has 1 aliphatic heterocycles. The minimum Gasteiger partial charge on any atom is -0.399 e. The molecule has 0 amide bonds. The molecule has 2 aromatic heterocycles. The number of aromatic nitrogens is 1. The maximum atomic E-state index is 5.77. The van der Waals surface area contributed by atoms with Gasteiger partial charge in [-0.05, 0) is 67.8 Å². The molecule has 8 nitrogen and oxygen atoms in total. The molecule has 5 aromatic rings. The molecule has 6 rings (SSSR count). The highest BCUT2D eigenvalue weighted by Gasteiger charge is 2.13. The Hall–Kier alpha value is -4.15. The topological polar surface area (TPSA) is 172 Å². The maximum absolute atomic E-state index is 5.77. The molecular weight excluding hydrogens is 512 g/mol. The molecule has 0 radical (unpaired) electrons. The predicted molar refractivity (Wildman–Crippen MR) is 169 cm³/mol. The third-order valence-electron chi connectivity index (χ3n) is 5.77. The number of rotatable bonds is 1. The molecule has 0 spiro atoms. The van der Waals surface area contributed by atoms with Gasteiger partial charge in [-0.3, -0.25) is 0 Å². The summed E-state index contributed by atoms with van der Waals surface area (Å²) in [6.45, 7) is 4.35. The Bertz CT molecular complexity index is 1370. The summed E-state index contributed by atoms with van der Waals surface area (Å²) in [4.78, 5) is 6.12. The molecule has 1 fully saturated rings. The van der Waals surface area contributed by atoms with Gasteiger partial charge in [0.1, 0.15) is 0 Å². The number of nitrogen functional groups attached to an aromatic ring is 6. The summed E-state index contributed by atoms with van der Waals surface area (Å²) < 4.78 is 0. The van der Waals surface area contributed by atoms with Crippen LogP contribution in [-0.2, 0) is 0 Å². The molecule has 0 saturated carbocycles. The van der Waals surface area contributed by atoms with Gasteiger partial charge in [0.15, 0.2) is 5.13 Å². The van der Waals surface area contributed by atoms with E-state index in [1.165, 1.54) is 42.3 Å². The first-order valence-corrected chi connectivity index (χ1v) is 13.8. The van der Waals surface area contributed by atoms with Gasteiger partial charge in [0.05, 0.1) is 10.0 Å². The number of hydrogen-bond acceptors (Lipinski definition) is 10. The second kappa shape index (κ2) is 14.0. The number of hydrogen-bond donors (Lipinski definition) is 6. The summed E-state index contributed by atoms with van der Waals surface area (Å²) in [6, 6.07) is 21.1. The van der Waals surface area contributed by atoms with Crippen molar-refractivity contribution in [2.24, 2.45) is 0 Å². The van der Waals surface area contributed by atoms with Crippen molar-refractivity contribution in [2.75, 3.05) is 52.4 Å². The van der Waals surface area contributed by atoms with E-state index < -0.39 is 0 Å². The van der Waals surface area contributed by atoms with Crippen LogP contribution >= 0.6 is 22.7 Å². The second-order valence-electron chi connectivity index (χ2n) is 8.65. The molecule has 12 N–H and O–H groups in total. The van der Waals surface area contributed by atoms with Crippen molar-refractivity contribution in [1.29, 1.82) is 0 Å². The molecule has 38 heavy (non-hydrogen) atoms. The summed E-state index contributed by atoms with van der Waals surface area (Å²) in [7, 11) is 0. The van der Waals surface area contributed by atoms with E-state index in [0.29, 0.717) is 5.13 Å². The Morgan fingerprint density at radius 1 is 0.737 bits per heavy atom. The van der Waals surface area contributed by atoms with Gasteiger partial charge in [-0.1, -0.05) is 24.3 Å². The smallest absolute Gasteiger partial charge is 0.179 e. The van der Waals surface area contributed by atoms with E-state index in [9.17, 15) is 0 Å². The van der Waals surface area contributed by atoms with Crippen LogP contribution in [0.3, 0.4) is 0 Å². The molecule has 3 heterocycles. The minimum atomic E-state index is 0.634. The lowest BCUT2D eigenvalue weighted by atomic mass is 10.1. The molecule has 200 valence electrons. The van der Waals surface area contributed by atoms with Crippen molar-refractivity contribution < 1.29 is 0 Å². The fraction of sp³-hybridized carbons (Fsp3) is 0.179. The van der Waals surface area contributed by atoms with E-state index in [4.69, 9.17) is 34.4 Å². The lowest BCUT2D eigenvalue weighted by Gasteiger charge is -2.13. The first-order valence-electron chi connectivity index (χ1n) is 12.1. The highest BCUT2D eigenvalue weighted by molar-refractivity contribution is 7.19. The SMILES string of the molecule is Cc1cc(N)ccc1N.Nc1ccc(N)c2ccccc12.Nc1ccc(N2CCCC2)s1.Nc1nccs1. The summed E-state index contributed by atoms with van der Waals surface area (Å²) >= 11 is 3.13. The monoisotopic (exact) mass is 548 g/mol. The molecule has 0 bridgehead atoms. The van der Waals surface area contributed by atoms with E-state index in [-0.39, 0.29) is 0 Å². The van der Waals surface area contributed by atoms with Crippen LogP contribution in [0.4, 0.5) is 37.9 Å². The van der Waals surface area contributed by atoms with Crippen LogP contribution in [-0.4, -0.2) is 18.1 Å². The Balaban J connectivity index is 0.000000144. The van der Waals surface area contributed by atoms with Crippen molar-refractivity contribution in [3.63, 3.8) is 0 Å². The standard InChI is InChI=1S/C10H10N2.C8H12N2S.C7H10N2.C3H4N2S/c11-9-5-6-10(12)8-4-2-1-3-7(8)9;9-7-3-4-8(11-7)10-5-1-2-6-10;1-5-4-6(8)2-3-7(5)9;4-3-5-1-2-6-3/h1-6H,11-12H2;3-4H,1-2,5-6,9H2;2-4H,8-9H2,1H3;1-2H,(H2,4,5). The van der Waals surface area contributed by atoms with Crippen LogP contribution < -0.4 is 39.3 Å². The molecule has 1 aliphatic rings. The zero-order chi connectivity index (χ0) is 27.5. The number of nitrogens with two attached hydrogens (primary N) is 6. The predicted octanol–water partition coefficient (Wildman–Crippen LogP) is 5.82. The second-order valence-corrected chi connectivity index (χ2v) is 10.7. The first kappa shape index (κ1) is 28.4. The van der Waals surface area contributed by atoms with Gasteiger partial charge >= 0.3 is 0 Å². The number of anilines is 7. The Morgan fingerprint density at radius 3 is 1.76 bits per heavy atom. The maximum Gasteiger partial charge on any atom is 0.179 e. The van der Waals surface area contributed by atoms with Crippen molar-refractivity contribution in [3.05, 3.63) is 83.9 Å². The number of aryl methyl sites for hydroxylation is 1. The van der Waals surface area contributed by atoms with Crippen molar-refractivity contribution >= 4 is 71.3 Å². The third-order valence-corrected chi connectivity index (χ3v) is 7.35. The highest BCUT2D eigenvalue weighted by Crippen LogP contribution is 2.30. The van der Waals surface area contributed by atoms with Crippen LogP contribution in [0.25, 0.3) is 10.8 Å². The normalized spacial score (nSPS) is 12.0. The van der Waals surface area contributed by atoms with Crippen molar-refractivity contribution in [3.8, 4) is 0 Å². The van der Waals surface area contributed by atoms with E-state index in [2.05, 4.69) is 16.0 Å². The number of thiazole rings is 1. The minimum absolute atomic E-state index is 0.634.